The van der Waals surface area contributed by atoms with Crippen molar-refractivity contribution in [1.82, 2.24) is 4.31 Å². The van der Waals surface area contributed by atoms with Crippen LogP contribution in [0.4, 0.5) is 5.69 Å². The highest BCUT2D eigenvalue weighted by Gasteiger charge is 2.26. The minimum atomic E-state index is -3.95. The maximum Gasteiger partial charge on any atom is 0.338 e. The van der Waals surface area contributed by atoms with Crippen molar-refractivity contribution < 1.29 is 22.7 Å². The molecule has 9 heteroatoms. The Bertz CT molecular complexity index is 1210. The van der Waals surface area contributed by atoms with Gasteiger partial charge in [0.1, 0.15) is 0 Å². The number of halogens is 1. The first-order valence-corrected chi connectivity index (χ1v) is 12.5. The summed E-state index contributed by atoms with van der Waals surface area (Å²) in [6, 6.07) is 21.4. The van der Waals surface area contributed by atoms with E-state index in [9.17, 15) is 18.0 Å². The van der Waals surface area contributed by atoms with E-state index in [1.165, 1.54) is 36.4 Å². The molecule has 0 saturated carbocycles. The molecule has 7 nitrogen and oxygen atoms in total. The summed E-state index contributed by atoms with van der Waals surface area (Å²) in [7, 11) is -3.95. The molecule has 0 aromatic heterocycles. The highest BCUT2D eigenvalue weighted by molar-refractivity contribution is 7.89. The molecule has 0 fully saturated rings. The summed E-state index contributed by atoms with van der Waals surface area (Å²) in [5, 5.41) is 3.10. The van der Waals surface area contributed by atoms with Crippen molar-refractivity contribution >= 4 is 39.2 Å². The second-order valence-corrected chi connectivity index (χ2v) is 9.75. The molecule has 1 N–H and O–H groups in total. The highest BCUT2D eigenvalue weighted by atomic mass is 35.5. The number of carbonyl (C=O) groups is 2. The number of nitrogens with one attached hydrogen (secondary N) is 1. The van der Waals surface area contributed by atoms with E-state index < -0.39 is 21.9 Å². The molecule has 0 radical (unpaired) electrons. The zero-order chi connectivity index (χ0) is 24.6. The monoisotopic (exact) mass is 500 g/mol. The lowest BCUT2D eigenvalue weighted by Gasteiger charge is -2.22. The van der Waals surface area contributed by atoms with Crippen molar-refractivity contribution in [2.24, 2.45) is 0 Å². The molecule has 34 heavy (non-hydrogen) atoms. The van der Waals surface area contributed by atoms with Crippen molar-refractivity contribution in [2.45, 2.75) is 18.2 Å². The van der Waals surface area contributed by atoms with Gasteiger partial charge >= 0.3 is 5.97 Å². The number of rotatable bonds is 10. The molecule has 3 rings (SSSR count). The van der Waals surface area contributed by atoms with Gasteiger partial charge in [0.25, 0.3) is 0 Å². The van der Waals surface area contributed by atoms with E-state index in [2.05, 4.69) is 5.32 Å². The smallest absolute Gasteiger partial charge is 0.338 e. The van der Waals surface area contributed by atoms with Crippen molar-refractivity contribution in [3.05, 3.63) is 95.0 Å². The molecular weight excluding hydrogens is 476 g/mol. The van der Waals surface area contributed by atoms with Crippen LogP contribution in [0.1, 0.15) is 22.8 Å². The Morgan fingerprint density at radius 1 is 0.941 bits per heavy atom. The van der Waals surface area contributed by atoms with Crippen molar-refractivity contribution in [3.63, 3.8) is 0 Å². The second-order valence-electron chi connectivity index (χ2n) is 7.37. The standard InChI is InChI=1S/C25H25ClN2O5S/c1-2-33-25(30)20-8-12-22(13-9-20)27-24(29)18-28(17-16-19-6-4-3-5-7-19)34(31,32)23-14-10-21(26)11-15-23/h3-15H,2,16-18H2,1H3,(H,27,29). The Morgan fingerprint density at radius 3 is 2.21 bits per heavy atom. The van der Waals surface area contributed by atoms with Gasteiger partial charge in [0.2, 0.25) is 15.9 Å². The van der Waals surface area contributed by atoms with Gasteiger partial charge < -0.3 is 10.1 Å². The third-order valence-electron chi connectivity index (χ3n) is 4.94. The average Bonchev–Trinajstić information content (AvgIpc) is 2.83. The van der Waals surface area contributed by atoms with Gasteiger partial charge in [-0.3, -0.25) is 4.79 Å². The zero-order valence-electron chi connectivity index (χ0n) is 18.6. The van der Waals surface area contributed by atoms with Gasteiger partial charge in [-0.15, -0.1) is 0 Å². The molecule has 3 aromatic carbocycles. The molecule has 0 atom stereocenters. The normalized spacial score (nSPS) is 11.3. The summed E-state index contributed by atoms with van der Waals surface area (Å²) in [6.07, 6.45) is 0.440. The number of amides is 1. The topological polar surface area (TPSA) is 92.8 Å². The lowest BCUT2D eigenvalue weighted by atomic mass is 10.1. The number of hydrogen-bond donors (Lipinski definition) is 1. The summed E-state index contributed by atoms with van der Waals surface area (Å²) < 4.78 is 32.7. The first-order valence-electron chi connectivity index (χ1n) is 10.7. The highest BCUT2D eigenvalue weighted by Crippen LogP contribution is 2.19. The predicted octanol–water partition coefficient (Wildman–Crippen LogP) is 4.39. The van der Waals surface area contributed by atoms with Crippen LogP contribution in [0.5, 0.6) is 0 Å². The number of ether oxygens (including phenoxy) is 1. The molecular formula is C25H25ClN2O5S. The van der Waals surface area contributed by atoms with E-state index in [-0.39, 0.29) is 24.6 Å². The van der Waals surface area contributed by atoms with Gasteiger partial charge in [-0.05, 0) is 67.4 Å². The van der Waals surface area contributed by atoms with Gasteiger partial charge in [0, 0.05) is 17.3 Å². The Balaban J connectivity index is 1.75. The molecule has 0 aliphatic heterocycles. The fourth-order valence-electron chi connectivity index (χ4n) is 3.20. The van der Waals surface area contributed by atoms with E-state index in [0.717, 1.165) is 9.87 Å². The molecule has 0 bridgehead atoms. The number of anilines is 1. The van der Waals surface area contributed by atoms with Crippen LogP contribution in [0.2, 0.25) is 5.02 Å². The minimum Gasteiger partial charge on any atom is -0.462 e. The van der Waals surface area contributed by atoms with Crippen molar-refractivity contribution in [1.29, 1.82) is 0 Å². The molecule has 0 unspecified atom stereocenters. The zero-order valence-corrected chi connectivity index (χ0v) is 20.2. The van der Waals surface area contributed by atoms with Crippen molar-refractivity contribution in [3.8, 4) is 0 Å². The molecule has 0 aliphatic rings. The lowest BCUT2D eigenvalue weighted by molar-refractivity contribution is -0.116. The van der Waals surface area contributed by atoms with Gasteiger partial charge in [-0.25, -0.2) is 13.2 Å². The minimum absolute atomic E-state index is 0.0524. The van der Waals surface area contributed by atoms with Gasteiger partial charge in [0.05, 0.1) is 23.6 Å². The molecule has 3 aromatic rings. The van der Waals surface area contributed by atoms with Crippen LogP contribution >= 0.6 is 11.6 Å². The quantitative estimate of drug-likeness (QED) is 0.417. The first-order chi connectivity index (χ1) is 16.3. The number of carbonyl (C=O) groups excluding carboxylic acids is 2. The van der Waals surface area contributed by atoms with Crippen LogP contribution in [0.3, 0.4) is 0 Å². The number of esters is 1. The molecule has 178 valence electrons. The van der Waals surface area contributed by atoms with E-state index in [1.54, 1.807) is 19.1 Å². The molecule has 0 heterocycles. The fourth-order valence-corrected chi connectivity index (χ4v) is 4.73. The van der Waals surface area contributed by atoms with Gasteiger partial charge in [0.15, 0.2) is 0 Å². The lowest BCUT2D eigenvalue weighted by Crippen LogP contribution is -2.39. The van der Waals surface area contributed by atoms with Crippen LogP contribution in [-0.4, -0.2) is 44.3 Å². The summed E-state index contributed by atoms with van der Waals surface area (Å²) >= 11 is 5.90. The van der Waals surface area contributed by atoms with E-state index in [1.807, 2.05) is 30.3 Å². The SMILES string of the molecule is CCOC(=O)c1ccc(NC(=O)CN(CCc2ccccc2)S(=O)(=O)c2ccc(Cl)cc2)cc1. The maximum atomic E-state index is 13.3. The summed E-state index contributed by atoms with van der Waals surface area (Å²) in [6.45, 7) is 1.72. The number of nitrogens with zero attached hydrogens (tertiary/aromatic N) is 1. The van der Waals surface area contributed by atoms with Crippen molar-refractivity contribution in [2.75, 3.05) is 25.0 Å². The summed E-state index contributed by atoms with van der Waals surface area (Å²) in [5.41, 5.74) is 1.74. The number of hydrogen-bond acceptors (Lipinski definition) is 5. The summed E-state index contributed by atoms with van der Waals surface area (Å²) in [5.74, 6) is -0.962. The second kappa shape index (κ2) is 11.8. The molecule has 0 saturated heterocycles. The van der Waals surface area contributed by atoms with Gasteiger partial charge in [-0.2, -0.15) is 4.31 Å². The maximum absolute atomic E-state index is 13.3. The number of sulfonamides is 1. The summed E-state index contributed by atoms with van der Waals surface area (Å²) in [4.78, 5) is 24.6. The third-order valence-corrected chi connectivity index (χ3v) is 7.06. The Hall–Kier alpha value is -3.20. The van der Waals surface area contributed by atoms with Gasteiger partial charge in [-0.1, -0.05) is 41.9 Å². The van der Waals surface area contributed by atoms with Crippen LogP contribution in [0.15, 0.2) is 83.8 Å². The van der Waals surface area contributed by atoms with E-state index >= 15 is 0 Å². The van der Waals surface area contributed by atoms with Crippen LogP contribution in [-0.2, 0) is 26.0 Å². The molecule has 0 spiro atoms. The number of benzene rings is 3. The fraction of sp³-hybridized carbons (Fsp3) is 0.200. The van der Waals surface area contributed by atoms with E-state index in [4.69, 9.17) is 16.3 Å². The largest absolute Gasteiger partial charge is 0.462 e. The Kier molecular flexibility index (Phi) is 8.81. The van der Waals surface area contributed by atoms with Crippen LogP contribution < -0.4 is 5.32 Å². The Morgan fingerprint density at radius 2 is 1.59 bits per heavy atom. The Labute approximate surface area is 204 Å². The predicted molar refractivity (Wildman–Crippen MR) is 131 cm³/mol. The van der Waals surface area contributed by atoms with Crippen LogP contribution in [0, 0.1) is 0 Å². The first kappa shape index (κ1) is 25.4. The van der Waals surface area contributed by atoms with Crippen LogP contribution in [0.25, 0.3) is 0 Å². The van der Waals surface area contributed by atoms with E-state index in [0.29, 0.717) is 22.7 Å². The molecule has 1 amide bonds. The third kappa shape index (κ3) is 6.90. The molecule has 0 aliphatic carbocycles. The average molecular weight is 501 g/mol.